The summed E-state index contributed by atoms with van der Waals surface area (Å²) in [6, 6.07) is 5.87. The number of hydrogen-bond donors (Lipinski definition) is 0. The van der Waals surface area contributed by atoms with Gasteiger partial charge in [0, 0.05) is 54.9 Å². The maximum absolute atomic E-state index is 14.7. The van der Waals surface area contributed by atoms with Gasteiger partial charge in [-0.3, -0.25) is 4.57 Å². The number of aromatic nitrogens is 2. The molecule has 41 heavy (non-hydrogen) atoms. The number of anilines is 1. The van der Waals surface area contributed by atoms with Crippen molar-refractivity contribution in [2.45, 2.75) is 50.1 Å². The highest BCUT2D eigenvalue weighted by molar-refractivity contribution is 7.99. The second-order valence-corrected chi connectivity index (χ2v) is 12.0. The van der Waals surface area contributed by atoms with Crippen LogP contribution in [-0.4, -0.2) is 71.3 Å². The number of amides is 1. The van der Waals surface area contributed by atoms with Crippen molar-refractivity contribution in [2.75, 3.05) is 43.9 Å². The molecule has 1 amide bonds. The largest absolute Gasteiger partial charge is 0.444 e. The predicted molar refractivity (Wildman–Crippen MR) is 148 cm³/mol. The molecular formula is C28H30F4N4O4S. The molecule has 0 saturated carbocycles. The van der Waals surface area contributed by atoms with Gasteiger partial charge in [0.05, 0.1) is 23.7 Å². The summed E-state index contributed by atoms with van der Waals surface area (Å²) in [4.78, 5) is 33.8. The first-order valence-corrected chi connectivity index (χ1v) is 14.1. The number of carbonyl (C=O) groups excluding carboxylic acids is 1. The minimum absolute atomic E-state index is 0.111. The Kier molecular flexibility index (Phi) is 7.70. The maximum atomic E-state index is 14.7. The number of piperazine rings is 1. The zero-order valence-electron chi connectivity index (χ0n) is 23.0. The van der Waals surface area contributed by atoms with Crippen LogP contribution in [0.25, 0.3) is 22.0 Å². The second-order valence-electron chi connectivity index (χ2n) is 11.0. The van der Waals surface area contributed by atoms with Crippen LogP contribution in [0.1, 0.15) is 26.3 Å². The van der Waals surface area contributed by atoms with E-state index in [0.29, 0.717) is 11.3 Å². The van der Waals surface area contributed by atoms with Crippen LogP contribution in [0.3, 0.4) is 0 Å². The van der Waals surface area contributed by atoms with Crippen LogP contribution < -0.4 is 10.6 Å². The van der Waals surface area contributed by atoms with E-state index in [1.807, 2.05) is 0 Å². The van der Waals surface area contributed by atoms with Gasteiger partial charge in [-0.05, 0) is 44.5 Å². The van der Waals surface area contributed by atoms with Crippen molar-refractivity contribution in [3.63, 3.8) is 0 Å². The molecule has 13 heteroatoms. The molecule has 5 rings (SSSR count). The first-order valence-electron chi connectivity index (χ1n) is 13.1. The van der Waals surface area contributed by atoms with Crippen LogP contribution in [0.15, 0.2) is 40.0 Å². The third kappa shape index (κ3) is 5.87. The van der Waals surface area contributed by atoms with E-state index < -0.39 is 41.0 Å². The Morgan fingerprint density at radius 3 is 2.32 bits per heavy atom. The van der Waals surface area contributed by atoms with Gasteiger partial charge in [0.1, 0.15) is 17.2 Å². The van der Waals surface area contributed by atoms with Crippen LogP contribution in [0.4, 0.5) is 28.2 Å². The summed E-state index contributed by atoms with van der Waals surface area (Å²) in [7, 11) is 1.48. The molecule has 3 heterocycles. The zero-order valence-corrected chi connectivity index (χ0v) is 23.9. The summed E-state index contributed by atoms with van der Waals surface area (Å²) >= 11 is 1.17. The van der Waals surface area contributed by atoms with E-state index in [1.165, 1.54) is 40.5 Å². The number of carbonyl (C=O) groups is 1. The lowest BCUT2D eigenvalue weighted by Gasteiger charge is -2.36. The molecule has 0 radical (unpaired) electrons. The Bertz CT molecular complexity index is 1530. The van der Waals surface area contributed by atoms with E-state index in [4.69, 9.17) is 9.47 Å². The first kappa shape index (κ1) is 29.2. The van der Waals surface area contributed by atoms with Gasteiger partial charge in [-0.25, -0.2) is 14.0 Å². The monoisotopic (exact) mass is 594 g/mol. The van der Waals surface area contributed by atoms with Crippen LogP contribution in [0.2, 0.25) is 0 Å². The number of rotatable bonds is 3. The van der Waals surface area contributed by atoms with Gasteiger partial charge in [-0.15, -0.1) is 11.8 Å². The quantitative estimate of drug-likeness (QED) is 0.376. The molecule has 1 fully saturated rings. The molecule has 1 aromatic heterocycles. The summed E-state index contributed by atoms with van der Waals surface area (Å²) in [6.45, 7) is 6.38. The van der Waals surface area contributed by atoms with Gasteiger partial charge < -0.3 is 19.3 Å². The number of alkyl halides is 3. The average molecular weight is 595 g/mol. The van der Waals surface area contributed by atoms with Crippen molar-refractivity contribution in [3.05, 3.63) is 52.2 Å². The fraction of sp³-hybridized carbons (Fsp3) is 0.464. The fourth-order valence-corrected chi connectivity index (χ4v) is 6.40. The molecule has 0 spiro atoms. The van der Waals surface area contributed by atoms with E-state index in [-0.39, 0.29) is 60.0 Å². The predicted octanol–water partition coefficient (Wildman–Crippen LogP) is 5.40. The lowest BCUT2D eigenvalue weighted by atomic mass is 9.96. The van der Waals surface area contributed by atoms with E-state index in [2.05, 4.69) is 4.98 Å². The standard InChI is InChI=1S/C28H30F4N4O4S/c1-27(2,3)40-26(38)35-11-9-34(10-12-35)24-19-13-20(28(30,31)32)21(16-5-7-17(29)8-6-16)23-22(19)36(25(37)33-24)14-18(39-4)15-41-23/h5-8,13,18H,9-12,14-15H2,1-4H3/t18-/m1/s1. The minimum atomic E-state index is -4.75. The topological polar surface area (TPSA) is 76.9 Å². The summed E-state index contributed by atoms with van der Waals surface area (Å²) in [5, 5.41) is 0.174. The maximum Gasteiger partial charge on any atom is 0.417 e. The van der Waals surface area contributed by atoms with Gasteiger partial charge in [-0.2, -0.15) is 18.2 Å². The number of methoxy groups -OCH3 is 1. The molecule has 0 N–H and O–H groups in total. The second kappa shape index (κ2) is 10.8. The van der Waals surface area contributed by atoms with Gasteiger partial charge in [0.25, 0.3) is 0 Å². The molecule has 2 aliphatic rings. The normalized spacial score (nSPS) is 18.0. The Hall–Kier alpha value is -3.32. The molecule has 0 unspecified atom stereocenters. The molecule has 1 atom stereocenters. The molecule has 0 bridgehead atoms. The lowest BCUT2D eigenvalue weighted by molar-refractivity contribution is -0.137. The SMILES string of the molecule is CO[C@H]1CSc2c(-c3ccc(F)cc3)c(C(F)(F)F)cc3c(N4CCN(C(=O)OC(C)(C)C)CC4)nc(=O)n(c23)C1. The number of benzene rings is 2. The molecule has 220 valence electrons. The molecule has 3 aromatic rings. The smallest absolute Gasteiger partial charge is 0.417 e. The zero-order chi connectivity index (χ0) is 29.7. The Morgan fingerprint density at radius 1 is 1.07 bits per heavy atom. The number of halogens is 4. The Morgan fingerprint density at radius 2 is 1.73 bits per heavy atom. The van der Waals surface area contributed by atoms with Crippen LogP contribution in [0.5, 0.6) is 0 Å². The third-order valence-corrected chi connectivity index (χ3v) is 8.23. The summed E-state index contributed by atoms with van der Waals surface area (Å²) in [5.41, 5.74) is -1.80. The number of ether oxygens (including phenoxy) is 2. The number of thioether (sulfide) groups is 1. The minimum Gasteiger partial charge on any atom is -0.444 e. The van der Waals surface area contributed by atoms with Crippen molar-refractivity contribution < 1.29 is 31.8 Å². The Balaban J connectivity index is 1.68. The first-order chi connectivity index (χ1) is 19.3. The van der Waals surface area contributed by atoms with E-state index in [1.54, 1.807) is 25.7 Å². The molecule has 2 aliphatic heterocycles. The highest BCUT2D eigenvalue weighted by Crippen LogP contribution is 2.48. The van der Waals surface area contributed by atoms with Gasteiger partial charge >= 0.3 is 18.0 Å². The third-order valence-electron chi connectivity index (χ3n) is 7.00. The highest BCUT2D eigenvalue weighted by atomic mass is 32.2. The van der Waals surface area contributed by atoms with E-state index >= 15 is 0 Å². The number of nitrogens with zero attached hydrogens (tertiary/aromatic N) is 4. The van der Waals surface area contributed by atoms with Crippen LogP contribution >= 0.6 is 11.8 Å². The van der Waals surface area contributed by atoms with Crippen LogP contribution in [0, 0.1) is 5.82 Å². The number of hydrogen-bond acceptors (Lipinski definition) is 7. The highest BCUT2D eigenvalue weighted by Gasteiger charge is 2.39. The average Bonchev–Trinajstić information content (AvgIpc) is 3.10. The van der Waals surface area contributed by atoms with Gasteiger partial charge in [0.2, 0.25) is 0 Å². The van der Waals surface area contributed by atoms with Crippen molar-refractivity contribution in [1.82, 2.24) is 14.5 Å². The van der Waals surface area contributed by atoms with Gasteiger partial charge in [-0.1, -0.05) is 12.1 Å². The Labute approximate surface area is 238 Å². The van der Waals surface area contributed by atoms with Crippen LogP contribution in [-0.2, 0) is 22.2 Å². The summed E-state index contributed by atoms with van der Waals surface area (Å²) in [5.74, 6) is -0.152. The molecule has 2 aromatic carbocycles. The molecular weight excluding hydrogens is 564 g/mol. The fourth-order valence-electron chi connectivity index (χ4n) is 5.07. The summed E-state index contributed by atoms with van der Waals surface area (Å²) in [6.07, 6.45) is -5.69. The molecule has 0 aliphatic carbocycles. The van der Waals surface area contributed by atoms with E-state index in [0.717, 1.165) is 18.2 Å². The lowest BCUT2D eigenvalue weighted by Crippen LogP contribution is -2.50. The molecule has 8 nitrogen and oxygen atoms in total. The van der Waals surface area contributed by atoms with Crippen molar-refractivity contribution in [2.24, 2.45) is 0 Å². The summed E-state index contributed by atoms with van der Waals surface area (Å²) < 4.78 is 70.1. The van der Waals surface area contributed by atoms with E-state index in [9.17, 15) is 27.2 Å². The molecule has 1 saturated heterocycles. The van der Waals surface area contributed by atoms with Crippen molar-refractivity contribution in [3.8, 4) is 11.1 Å². The van der Waals surface area contributed by atoms with Crippen molar-refractivity contribution >= 4 is 34.6 Å². The van der Waals surface area contributed by atoms with Gasteiger partial charge in [0.15, 0.2) is 0 Å². The van der Waals surface area contributed by atoms with Crippen molar-refractivity contribution in [1.29, 1.82) is 0 Å².